The van der Waals surface area contributed by atoms with Crippen molar-refractivity contribution >= 4 is 17.6 Å². The fourth-order valence-electron chi connectivity index (χ4n) is 2.02. The second-order valence-corrected chi connectivity index (χ2v) is 5.07. The standard InChI is InChI=1S/C14H21N3O4/c1-20-6-2-5-16-13(18)9-21-14(19)12-7-10(15)8-17(12)11-3-4-11/h7-8,11H,2-6,9,15H2,1H3,(H,16,18). The third-order valence-electron chi connectivity index (χ3n) is 3.20. The van der Waals surface area contributed by atoms with E-state index in [1.165, 1.54) is 0 Å². The number of rotatable bonds is 8. The lowest BCUT2D eigenvalue weighted by molar-refractivity contribution is -0.124. The molecule has 7 nitrogen and oxygen atoms in total. The van der Waals surface area contributed by atoms with Crippen LogP contribution in [0.1, 0.15) is 35.8 Å². The van der Waals surface area contributed by atoms with Gasteiger partial charge in [0.2, 0.25) is 0 Å². The summed E-state index contributed by atoms with van der Waals surface area (Å²) in [6.07, 6.45) is 4.53. The van der Waals surface area contributed by atoms with Crippen molar-refractivity contribution in [2.75, 3.05) is 32.6 Å². The summed E-state index contributed by atoms with van der Waals surface area (Å²) < 4.78 is 11.7. The molecule has 1 saturated carbocycles. The summed E-state index contributed by atoms with van der Waals surface area (Å²) in [7, 11) is 1.60. The molecule has 116 valence electrons. The number of nitrogens with one attached hydrogen (secondary N) is 1. The molecule has 1 aliphatic carbocycles. The zero-order valence-corrected chi connectivity index (χ0v) is 12.1. The summed E-state index contributed by atoms with van der Waals surface area (Å²) in [5.74, 6) is -0.845. The van der Waals surface area contributed by atoms with Crippen LogP contribution in [0, 0.1) is 0 Å². The van der Waals surface area contributed by atoms with E-state index in [-0.39, 0.29) is 12.5 Å². The molecule has 0 saturated heterocycles. The van der Waals surface area contributed by atoms with Gasteiger partial charge in [-0.3, -0.25) is 4.79 Å². The number of methoxy groups -OCH3 is 1. The number of hydrogen-bond acceptors (Lipinski definition) is 5. The van der Waals surface area contributed by atoms with Crippen LogP contribution in [0.25, 0.3) is 0 Å². The predicted octanol–water partition coefficient (Wildman–Crippen LogP) is 0.715. The average Bonchev–Trinajstić information content (AvgIpc) is 3.23. The Balaban J connectivity index is 1.78. The maximum Gasteiger partial charge on any atom is 0.355 e. The number of anilines is 1. The van der Waals surface area contributed by atoms with Crippen molar-refractivity contribution in [2.45, 2.75) is 25.3 Å². The first-order valence-electron chi connectivity index (χ1n) is 7.02. The molecule has 0 atom stereocenters. The number of aromatic nitrogens is 1. The van der Waals surface area contributed by atoms with Gasteiger partial charge < -0.3 is 25.1 Å². The molecule has 21 heavy (non-hydrogen) atoms. The second-order valence-electron chi connectivity index (χ2n) is 5.07. The Hall–Kier alpha value is -2.02. The molecule has 1 amide bonds. The first-order chi connectivity index (χ1) is 10.1. The van der Waals surface area contributed by atoms with Crippen molar-refractivity contribution in [2.24, 2.45) is 0 Å². The minimum absolute atomic E-state index is 0.290. The summed E-state index contributed by atoms with van der Waals surface area (Å²) in [6.45, 7) is 0.783. The Bertz CT molecular complexity index is 508. The van der Waals surface area contributed by atoms with Gasteiger partial charge in [0.05, 0.1) is 5.69 Å². The van der Waals surface area contributed by atoms with Gasteiger partial charge in [-0.05, 0) is 25.3 Å². The van der Waals surface area contributed by atoms with E-state index in [0.29, 0.717) is 30.6 Å². The molecule has 1 aromatic heterocycles. The molecule has 7 heteroatoms. The third-order valence-corrected chi connectivity index (χ3v) is 3.20. The second kappa shape index (κ2) is 7.12. The first-order valence-corrected chi connectivity index (χ1v) is 7.02. The van der Waals surface area contributed by atoms with Gasteiger partial charge in [-0.1, -0.05) is 0 Å². The molecule has 0 radical (unpaired) electrons. The minimum atomic E-state index is -0.523. The largest absolute Gasteiger partial charge is 0.451 e. The molecule has 1 fully saturated rings. The molecule has 1 aromatic rings. The molecule has 1 aliphatic rings. The van der Waals surface area contributed by atoms with Crippen LogP contribution in [0.5, 0.6) is 0 Å². The van der Waals surface area contributed by atoms with Crippen LogP contribution in [0.4, 0.5) is 5.69 Å². The van der Waals surface area contributed by atoms with Gasteiger partial charge >= 0.3 is 5.97 Å². The number of hydrogen-bond donors (Lipinski definition) is 2. The van der Waals surface area contributed by atoms with E-state index >= 15 is 0 Å². The molecule has 0 bridgehead atoms. The van der Waals surface area contributed by atoms with E-state index < -0.39 is 5.97 Å². The van der Waals surface area contributed by atoms with Gasteiger partial charge in [-0.2, -0.15) is 0 Å². The van der Waals surface area contributed by atoms with Crippen LogP contribution in [0.15, 0.2) is 12.3 Å². The van der Waals surface area contributed by atoms with Gasteiger partial charge in [-0.25, -0.2) is 4.79 Å². The first kappa shape index (κ1) is 15.4. The van der Waals surface area contributed by atoms with Crippen molar-refractivity contribution in [1.29, 1.82) is 0 Å². The zero-order valence-electron chi connectivity index (χ0n) is 12.1. The van der Waals surface area contributed by atoms with E-state index in [0.717, 1.165) is 19.3 Å². The van der Waals surface area contributed by atoms with Crippen LogP contribution >= 0.6 is 0 Å². The molecule has 1 heterocycles. The summed E-state index contributed by atoms with van der Waals surface area (Å²) in [5, 5.41) is 2.65. The Morgan fingerprint density at radius 1 is 1.48 bits per heavy atom. The van der Waals surface area contributed by atoms with E-state index in [9.17, 15) is 9.59 Å². The number of nitrogens with zero attached hydrogens (tertiary/aromatic N) is 1. The van der Waals surface area contributed by atoms with E-state index in [1.807, 2.05) is 4.57 Å². The average molecular weight is 295 g/mol. The van der Waals surface area contributed by atoms with Gasteiger partial charge in [0, 0.05) is 32.5 Å². The molecule has 3 N–H and O–H groups in total. The summed E-state index contributed by atoms with van der Waals surface area (Å²) in [4.78, 5) is 23.5. The number of ether oxygens (including phenoxy) is 2. The maximum atomic E-state index is 12.0. The van der Waals surface area contributed by atoms with Crippen molar-refractivity contribution in [1.82, 2.24) is 9.88 Å². The van der Waals surface area contributed by atoms with Crippen LogP contribution in [-0.4, -0.2) is 43.3 Å². The van der Waals surface area contributed by atoms with Gasteiger partial charge in [0.1, 0.15) is 5.69 Å². The summed E-state index contributed by atoms with van der Waals surface area (Å²) >= 11 is 0. The van der Waals surface area contributed by atoms with Crippen molar-refractivity contribution < 1.29 is 19.1 Å². The highest BCUT2D eigenvalue weighted by molar-refractivity contribution is 5.91. The number of carbonyl (C=O) groups excluding carboxylic acids is 2. The van der Waals surface area contributed by atoms with Crippen molar-refractivity contribution in [3.8, 4) is 0 Å². The number of nitrogens with two attached hydrogens (primary N) is 1. The molecule has 0 spiro atoms. The van der Waals surface area contributed by atoms with Crippen molar-refractivity contribution in [3.63, 3.8) is 0 Å². The lowest BCUT2D eigenvalue weighted by Gasteiger charge is -2.08. The summed E-state index contributed by atoms with van der Waals surface area (Å²) in [6, 6.07) is 1.91. The van der Waals surface area contributed by atoms with E-state index in [4.69, 9.17) is 15.2 Å². The van der Waals surface area contributed by atoms with Gasteiger partial charge in [0.15, 0.2) is 6.61 Å². The number of carbonyl (C=O) groups is 2. The van der Waals surface area contributed by atoms with Crippen LogP contribution in [0.2, 0.25) is 0 Å². The molecular formula is C14H21N3O4. The number of esters is 1. The zero-order chi connectivity index (χ0) is 15.2. The Morgan fingerprint density at radius 3 is 2.90 bits per heavy atom. The van der Waals surface area contributed by atoms with Gasteiger partial charge in [-0.15, -0.1) is 0 Å². The van der Waals surface area contributed by atoms with Crippen molar-refractivity contribution in [3.05, 3.63) is 18.0 Å². The molecular weight excluding hydrogens is 274 g/mol. The normalized spacial score (nSPS) is 14.0. The molecule has 2 rings (SSSR count). The highest BCUT2D eigenvalue weighted by Crippen LogP contribution is 2.37. The fourth-order valence-corrected chi connectivity index (χ4v) is 2.02. The number of amides is 1. The Labute approximate surface area is 123 Å². The predicted molar refractivity (Wildman–Crippen MR) is 76.9 cm³/mol. The fraction of sp³-hybridized carbons (Fsp3) is 0.571. The third kappa shape index (κ3) is 4.49. The molecule has 0 aromatic carbocycles. The summed E-state index contributed by atoms with van der Waals surface area (Å²) in [5.41, 5.74) is 6.64. The lowest BCUT2D eigenvalue weighted by Crippen LogP contribution is -2.30. The van der Waals surface area contributed by atoms with Crippen LogP contribution < -0.4 is 11.1 Å². The lowest BCUT2D eigenvalue weighted by atomic mass is 10.4. The van der Waals surface area contributed by atoms with Crippen LogP contribution in [-0.2, 0) is 14.3 Å². The minimum Gasteiger partial charge on any atom is -0.451 e. The van der Waals surface area contributed by atoms with E-state index in [1.54, 1.807) is 19.4 Å². The maximum absolute atomic E-state index is 12.0. The number of nitrogen functional groups attached to an aromatic ring is 1. The Morgan fingerprint density at radius 2 is 2.24 bits per heavy atom. The molecule has 0 aliphatic heterocycles. The Kier molecular flexibility index (Phi) is 5.21. The highest BCUT2D eigenvalue weighted by Gasteiger charge is 2.28. The van der Waals surface area contributed by atoms with E-state index in [2.05, 4.69) is 5.32 Å². The SMILES string of the molecule is COCCCNC(=O)COC(=O)c1cc(N)cn1C1CC1. The monoisotopic (exact) mass is 295 g/mol. The molecule has 0 unspecified atom stereocenters. The highest BCUT2D eigenvalue weighted by atomic mass is 16.5. The quantitative estimate of drug-likeness (QED) is 0.544. The van der Waals surface area contributed by atoms with Crippen LogP contribution in [0.3, 0.4) is 0 Å². The topological polar surface area (TPSA) is 95.6 Å². The van der Waals surface area contributed by atoms with Gasteiger partial charge in [0.25, 0.3) is 5.91 Å². The smallest absolute Gasteiger partial charge is 0.355 e.